The van der Waals surface area contributed by atoms with Gasteiger partial charge < -0.3 is 9.64 Å². The summed E-state index contributed by atoms with van der Waals surface area (Å²) in [5, 5.41) is 9.86. The summed E-state index contributed by atoms with van der Waals surface area (Å²) in [5.74, 6) is 1.04. The molecule has 0 aromatic carbocycles. The fourth-order valence-corrected chi connectivity index (χ4v) is 4.13. The maximum atomic E-state index is 9.38. The molecule has 1 aromatic rings. The van der Waals surface area contributed by atoms with Crippen LogP contribution in [0.5, 0.6) is 0 Å². The number of aromatic nitrogens is 1. The Morgan fingerprint density at radius 2 is 2.04 bits per heavy atom. The third kappa shape index (κ3) is 4.41. The van der Waals surface area contributed by atoms with Crippen molar-refractivity contribution in [2.45, 2.75) is 38.2 Å². The molecule has 0 spiro atoms. The van der Waals surface area contributed by atoms with Crippen LogP contribution < -0.4 is 4.90 Å². The Morgan fingerprint density at radius 1 is 1.20 bits per heavy atom. The minimum Gasteiger partial charge on any atom is -0.376 e. The number of allylic oxidation sites excluding steroid dienone is 2. The van der Waals surface area contributed by atoms with Crippen LogP contribution in [0.15, 0.2) is 12.2 Å². The summed E-state index contributed by atoms with van der Waals surface area (Å²) >= 11 is 18.7. The van der Waals surface area contributed by atoms with E-state index in [1.807, 2.05) is 6.07 Å². The molecule has 1 aromatic heterocycles. The van der Waals surface area contributed by atoms with E-state index in [0.29, 0.717) is 18.3 Å². The summed E-state index contributed by atoms with van der Waals surface area (Å²) < 4.78 is 5.79. The summed E-state index contributed by atoms with van der Waals surface area (Å²) in [6.07, 6.45) is 9.93. The third-order valence-electron chi connectivity index (χ3n) is 4.74. The van der Waals surface area contributed by atoms with Crippen LogP contribution in [-0.4, -0.2) is 30.8 Å². The zero-order valence-corrected chi connectivity index (χ0v) is 16.1. The van der Waals surface area contributed by atoms with Crippen molar-refractivity contribution < 1.29 is 4.74 Å². The van der Waals surface area contributed by atoms with Crippen molar-refractivity contribution in [3.05, 3.63) is 32.9 Å². The lowest BCUT2D eigenvalue weighted by molar-refractivity contribution is 0.114. The molecule has 3 rings (SSSR count). The highest BCUT2D eigenvalue weighted by Crippen LogP contribution is 2.37. The molecule has 4 nitrogen and oxygen atoms in total. The molecule has 7 heteroatoms. The summed E-state index contributed by atoms with van der Waals surface area (Å²) in [6.45, 7) is 2.28. The SMILES string of the molecule is N#Cc1c(Cl)c(Cl)nc(N(C[C@@H]2CC=CCC2)C[C@@H]2CCCO2)c1Cl. The molecule has 1 aliphatic carbocycles. The first-order chi connectivity index (χ1) is 12.1. The van der Waals surface area contributed by atoms with Crippen molar-refractivity contribution in [1.82, 2.24) is 4.98 Å². The number of hydrogen-bond donors (Lipinski definition) is 0. The lowest BCUT2D eigenvalue weighted by Gasteiger charge is -2.32. The predicted octanol–water partition coefficient (Wildman–Crippen LogP) is 5.26. The van der Waals surface area contributed by atoms with E-state index in [-0.39, 0.29) is 26.9 Å². The fraction of sp³-hybridized carbons (Fsp3) is 0.556. The molecule has 0 unspecified atom stereocenters. The zero-order valence-electron chi connectivity index (χ0n) is 13.9. The second kappa shape index (κ2) is 8.60. The molecule has 2 atom stereocenters. The minimum absolute atomic E-state index is 0.107. The predicted molar refractivity (Wildman–Crippen MR) is 102 cm³/mol. The largest absolute Gasteiger partial charge is 0.376 e. The second-order valence-electron chi connectivity index (χ2n) is 6.53. The van der Waals surface area contributed by atoms with Gasteiger partial charge in [0.1, 0.15) is 11.1 Å². The van der Waals surface area contributed by atoms with E-state index < -0.39 is 0 Å². The van der Waals surface area contributed by atoms with Crippen molar-refractivity contribution in [3.8, 4) is 6.07 Å². The summed E-state index contributed by atoms with van der Waals surface area (Å²) in [4.78, 5) is 6.51. The first kappa shape index (κ1) is 18.8. The number of ether oxygens (including phenoxy) is 1. The van der Waals surface area contributed by atoms with Gasteiger partial charge in [-0.3, -0.25) is 0 Å². The molecule has 2 heterocycles. The van der Waals surface area contributed by atoms with E-state index in [4.69, 9.17) is 39.5 Å². The molecule has 2 aliphatic rings. The Bertz CT molecular complexity index is 696. The smallest absolute Gasteiger partial charge is 0.151 e. The van der Waals surface area contributed by atoms with E-state index in [9.17, 15) is 5.26 Å². The summed E-state index contributed by atoms with van der Waals surface area (Å²) in [5.41, 5.74) is 0.180. The molecule has 25 heavy (non-hydrogen) atoms. The Labute approximate surface area is 163 Å². The van der Waals surface area contributed by atoms with Crippen LogP contribution in [0.3, 0.4) is 0 Å². The maximum Gasteiger partial charge on any atom is 0.151 e. The van der Waals surface area contributed by atoms with Gasteiger partial charge in [-0.15, -0.1) is 0 Å². The van der Waals surface area contributed by atoms with Gasteiger partial charge in [-0.1, -0.05) is 47.0 Å². The molecular weight excluding hydrogens is 381 g/mol. The van der Waals surface area contributed by atoms with Crippen LogP contribution in [-0.2, 0) is 4.74 Å². The van der Waals surface area contributed by atoms with E-state index in [2.05, 4.69) is 22.0 Å². The fourth-order valence-electron chi connectivity index (χ4n) is 3.43. The van der Waals surface area contributed by atoms with Crippen LogP contribution in [0.4, 0.5) is 5.82 Å². The van der Waals surface area contributed by atoms with Crippen molar-refractivity contribution in [3.63, 3.8) is 0 Å². The molecule has 1 fully saturated rings. The van der Waals surface area contributed by atoms with Gasteiger partial charge in [0.15, 0.2) is 11.0 Å². The van der Waals surface area contributed by atoms with Crippen LogP contribution in [0.1, 0.15) is 37.7 Å². The highest BCUT2D eigenvalue weighted by Gasteiger charge is 2.27. The quantitative estimate of drug-likeness (QED) is 0.500. The average molecular weight is 401 g/mol. The molecule has 1 aliphatic heterocycles. The highest BCUT2D eigenvalue weighted by atomic mass is 35.5. The number of nitriles is 1. The van der Waals surface area contributed by atoms with Crippen LogP contribution >= 0.6 is 34.8 Å². The first-order valence-corrected chi connectivity index (χ1v) is 9.69. The molecule has 0 bridgehead atoms. The van der Waals surface area contributed by atoms with Crippen LogP contribution in [0.2, 0.25) is 15.2 Å². The number of hydrogen-bond acceptors (Lipinski definition) is 4. The topological polar surface area (TPSA) is 49.2 Å². The maximum absolute atomic E-state index is 9.38. The lowest BCUT2D eigenvalue weighted by Crippen LogP contribution is -2.37. The van der Waals surface area contributed by atoms with Crippen molar-refractivity contribution in [2.24, 2.45) is 5.92 Å². The molecule has 0 amide bonds. The normalized spacial score (nSPS) is 22.8. The number of halogens is 3. The van der Waals surface area contributed by atoms with Gasteiger partial charge in [-0.2, -0.15) is 5.26 Å². The van der Waals surface area contributed by atoms with Gasteiger partial charge in [0.25, 0.3) is 0 Å². The van der Waals surface area contributed by atoms with Crippen molar-refractivity contribution in [2.75, 3.05) is 24.6 Å². The zero-order chi connectivity index (χ0) is 17.8. The minimum atomic E-state index is 0.107. The monoisotopic (exact) mass is 399 g/mol. The van der Waals surface area contributed by atoms with Crippen molar-refractivity contribution >= 4 is 40.6 Å². The molecule has 0 N–H and O–H groups in total. The van der Waals surface area contributed by atoms with E-state index in [1.54, 1.807) is 0 Å². The van der Waals surface area contributed by atoms with Crippen molar-refractivity contribution in [1.29, 1.82) is 5.26 Å². The van der Waals surface area contributed by atoms with Gasteiger partial charge in [0, 0.05) is 19.7 Å². The molecule has 134 valence electrons. The third-order valence-corrected chi connectivity index (χ3v) is 5.83. The number of rotatable bonds is 5. The number of anilines is 1. The first-order valence-electron chi connectivity index (χ1n) is 8.56. The number of nitrogens with zero attached hydrogens (tertiary/aromatic N) is 3. The molecule has 0 radical (unpaired) electrons. The van der Waals surface area contributed by atoms with E-state index in [1.165, 1.54) is 0 Å². The van der Waals surface area contributed by atoms with E-state index in [0.717, 1.165) is 45.3 Å². The molecule has 1 saturated heterocycles. The van der Waals surface area contributed by atoms with E-state index >= 15 is 0 Å². The summed E-state index contributed by atoms with van der Waals surface area (Å²) in [6, 6.07) is 2.04. The average Bonchev–Trinajstić information content (AvgIpc) is 3.12. The Kier molecular flexibility index (Phi) is 6.46. The van der Waals surface area contributed by atoms with Gasteiger partial charge in [0.05, 0.1) is 16.7 Å². The van der Waals surface area contributed by atoms with Gasteiger partial charge in [-0.25, -0.2) is 4.98 Å². The highest BCUT2D eigenvalue weighted by molar-refractivity contribution is 6.44. The van der Waals surface area contributed by atoms with Gasteiger partial charge in [0.2, 0.25) is 0 Å². The van der Waals surface area contributed by atoms with Crippen LogP contribution in [0.25, 0.3) is 0 Å². The standard InChI is InChI=1S/C18H20Cl3N3O/c19-15-14(9-22)16(20)18(23-17(15)21)24(11-13-7-4-8-25-13)10-12-5-2-1-3-6-12/h1-2,12-13H,3-8,10-11H2/t12-,13+/m1/s1. The second-order valence-corrected chi connectivity index (χ2v) is 7.65. The van der Waals surface area contributed by atoms with Gasteiger partial charge >= 0.3 is 0 Å². The number of pyridine rings is 1. The Hall–Kier alpha value is -0.990. The summed E-state index contributed by atoms with van der Waals surface area (Å²) in [7, 11) is 0. The lowest BCUT2D eigenvalue weighted by atomic mass is 9.93. The van der Waals surface area contributed by atoms with Gasteiger partial charge in [-0.05, 0) is 38.0 Å². The Balaban J connectivity index is 1.91. The molecule has 0 saturated carbocycles. The Morgan fingerprint density at radius 3 is 2.68 bits per heavy atom. The van der Waals surface area contributed by atoms with Crippen LogP contribution in [0, 0.1) is 17.2 Å². The molecular formula is C18H20Cl3N3O.